The van der Waals surface area contributed by atoms with Gasteiger partial charge in [0.05, 0.1) is 10.6 Å². The first kappa shape index (κ1) is 25.6. The minimum Gasteiger partial charge on any atom is -0.388 e. The standard InChI is InChI=1S/C22H22N6O5S3/c1-32-10-2-12-36(30,31)15-5-3-14(4-6-15)19(28-33-13-18-24-9-11-34-18)20(29)27-22-25-16-7-8-17(23)26-21(16)35-22/h3-9,11H,2,10,12-13H2,1H3,(H2,23,26)(H,25,27,29). The summed E-state index contributed by atoms with van der Waals surface area (Å²) in [5.41, 5.74) is 6.62. The molecule has 1 amide bonds. The average molecular weight is 547 g/mol. The zero-order chi connectivity index (χ0) is 25.5. The van der Waals surface area contributed by atoms with Gasteiger partial charge in [0.1, 0.15) is 21.2 Å². The van der Waals surface area contributed by atoms with Crippen LogP contribution in [0.3, 0.4) is 0 Å². The van der Waals surface area contributed by atoms with Crippen molar-refractivity contribution >= 4 is 65.4 Å². The zero-order valence-corrected chi connectivity index (χ0v) is 21.5. The van der Waals surface area contributed by atoms with Crippen LogP contribution >= 0.6 is 22.7 Å². The predicted molar refractivity (Wildman–Crippen MR) is 139 cm³/mol. The molecule has 0 unspecified atom stereocenters. The van der Waals surface area contributed by atoms with Gasteiger partial charge in [-0.15, -0.1) is 11.3 Å². The Balaban J connectivity index is 1.57. The number of nitrogens with zero attached hydrogens (tertiary/aromatic N) is 4. The number of nitrogen functional groups attached to an aromatic ring is 1. The number of pyridine rings is 1. The smallest absolute Gasteiger partial charge is 0.280 e. The Morgan fingerprint density at radius 3 is 2.69 bits per heavy atom. The van der Waals surface area contributed by atoms with E-state index in [1.54, 1.807) is 23.7 Å². The van der Waals surface area contributed by atoms with Gasteiger partial charge in [-0.25, -0.2) is 23.4 Å². The van der Waals surface area contributed by atoms with Crippen LogP contribution in [-0.4, -0.2) is 54.5 Å². The van der Waals surface area contributed by atoms with Crippen LogP contribution in [0.15, 0.2) is 58.0 Å². The van der Waals surface area contributed by atoms with Gasteiger partial charge in [-0.1, -0.05) is 28.6 Å². The first-order valence-corrected chi connectivity index (χ1v) is 14.0. The van der Waals surface area contributed by atoms with E-state index in [1.807, 2.05) is 0 Å². The molecule has 0 saturated heterocycles. The number of carbonyl (C=O) groups is 1. The van der Waals surface area contributed by atoms with Gasteiger partial charge in [0.25, 0.3) is 5.91 Å². The molecule has 0 radical (unpaired) electrons. The van der Waals surface area contributed by atoms with E-state index in [9.17, 15) is 13.2 Å². The normalized spacial score (nSPS) is 12.1. The van der Waals surface area contributed by atoms with E-state index in [4.69, 9.17) is 15.3 Å². The van der Waals surface area contributed by atoms with E-state index in [1.165, 1.54) is 42.7 Å². The number of hydrogen-bond donors (Lipinski definition) is 2. The molecule has 3 N–H and O–H groups in total. The molecule has 0 aliphatic rings. The Morgan fingerprint density at radius 1 is 1.17 bits per heavy atom. The molecule has 4 aromatic rings. The fourth-order valence-corrected chi connectivity index (χ4v) is 5.72. The summed E-state index contributed by atoms with van der Waals surface area (Å²) in [4.78, 5) is 31.9. The van der Waals surface area contributed by atoms with Crippen molar-refractivity contribution in [3.63, 3.8) is 0 Å². The third kappa shape index (κ3) is 6.40. The molecule has 11 nitrogen and oxygen atoms in total. The number of fused-ring (bicyclic) bond motifs is 1. The molecule has 188 valence electrons. The highest BCUT2D eigenvalue weighted by Gasteiger charge is 2.20. The second-order valence-corrected chi connectivity index (χ2v) is 11.4. The number of methoxy groups -OCH3 is 1. The Bertz CT molecular complexity index is 1470. The molecule has 3 heterocycles. The van der Waals surface area contributed by atoms with Crippen LogP contribution in [-0.2, 0) is 30.8 Å². The van der Waals surface area contributed by atoms with Crippen LogP contribution in [0.4, 0.5) is 10.9 Å². The Labute approximate surface area is 214 Å². The SMILES string of the molecule is COCCCS(=O)(=O)c1ccc(C(=NOCc2nccs2)C(=O)Nc2nc3ccc(N)nc3s2)cc1. The lowest BCUT2D eigenvalue weighted by Gasteiger charge is -2.08. The maximum Gasteiger partial charge on any atom is 0.280 e. The van der Waals surface area contributed by atoms with Crippen molar-refractivity contribution in [3.8, 4) is 0 Å². The van der Waals surface area contributed by atoms with E-state index in [-0.39, 0.29) is 23.0 Å². The summed E-state index contributed by atoms with van der Waals surface area (Å²) in [6.45, 7) is 0.420. The van der Waals surface area contributed by atoms with Crippen LogP contribution in [0, 0.1) is 0 Å². The Morgan fingerprint density at radius 2 is 1.97 bits per heavy atom. The molecule has 1 aromatic carbocycles. The number of nitrogens with two attached hydrogens (primary N) is 1. The van der Waals surface area contributed by atoms with Gasteiger partial charge >= 0.3 is 0 Å². The van der Waals surface area contributed by atoms with E-state index in [2.05, 4.69) is 25.4 Å². The minimum absolute atomic E-state index is 0.0469. The van der Waals surface area contributed by atoms with Crippen LogP contribution < -0.4 is 11.1 Å². The molecular formula is C22H22N6O5S3. The van der Waals surface area contributed by atoms with E-state index in [0.29, 0.717) is 44.9 Å². The van der Waals surface area contributed by atoms with E-state index in [0.717, 1.165) is 11.3 Å². The predicted octanol–water partition coefficient (Wildman–Crippen LogP) is 3.10. The number of anilines is 2. The van der Waals surface area contributed by atoms with Crippen molar-refractivity contribution in [2.75, 3.05) is 30.5 Å². The number of aromatic nitrogens is 3. The summed E-state index contributed by atoms with van der Waals surface area (Å²) in [6, 6.07) is 9.22. The molecule has 3 aromatic heterocycles. The number of ether oxygens (including phenoxy) is 1. The second-order valence-electron chi connectivity index (χ2n) is 7.36. The van der Waals surface area contributed by atoms with Crippen LogP contribution in [0.2, 0.25) is 0 Å². The molecule has 0 aliphatic heterocycles. The Kier molecular flexibility index (Phi) is 8.20. The summed E-state index contributed by atoms with van der Waals surface area (Å²) in [7, 11) is -1.97. The van der Waals surface area contributed by atoms with Crippen LogP contribution in [0.5, 0.6) is 0 Å². The van der Waals surface area contributed by atoms with Gasteiger partial charge in [-0.2, -0.15) is 0 Å². The number of nitrogens with one attached hydrogen (secondary N) is 1. The Hall–Kier alpha value is -3.46. The maximum atomic E-state index is 13.2. The lowest BCUT2D eigenvalue weighted by Crippen LogP contribution is -2.24. The fourth-order valence-electron chi connectivity index (χ4n) is 3.07. The number of carbonyl (C=O) groups excluding carboxylic acids is 1. The molecular weight excluding hydrogens is 524 g/mol. The molecule has 36 heavy (non-hydrogen) atoms. The average Bonchev–Trinajstić information content (AvgIpc) is 3.51. The van der Waals surface area contributed by atoms with Gasteiger partial charge in [0.2, 0.25) is 0 Å². The number of rotatable bonds is 11. The van der Waals surface area contributed by atoms with Gasteiger partial charge in [-0.05, 0) is 30.7 Å². The maximum absolute atomic E-state index is 13.2. The highest BCUT2D eigenvalue weighted by Crippen LogP contribution is 2.25. The van der Waals surface area contributed by atoms with Crippen LogP contribution in [0.1, 0.15) is 17.0 Å². The lowest BCUT2D eigenvalue weighted by molar-refractivity contribution is -0.110. The number of amides is 1. The highest BCUT2D eigenvalue weighted by molar-refractivity contribution is 7.91. The van der Waals surface area contributed by atoms with Gasteiger partial charge in [0.15, 0.2) is 27.3 Å². The largest absolute Gasteiger partial charge is 0.388 e. The number of sulfone groups is 1. The molecule has 0 bridgehead atoms. The topological polar surface area (TPSA) is 159 Å². The molecule has 4 rings (SSSR count). The summed E-state index contributed by atoms with van der Waals surface area (Å²) in [5.74, 6) is -0.287. The molecule has 0 atom stereocenters. The number of benzene rings is 1. The van der Waals surface area contributed by atoms with Crippen molar-refractivity contribution in [2.24, 2.45) is 5.16 Å². The third-order valence-corrected chi connectivity index (χ3v) is 8.24. The van der Waals surface area contributed by atoms with Gasteiger partial charge in [-0.3, -0.25) is 10.1 Å². The molecule has 0 fully saturated rings. The molecule has 0 saturated carbocycles. The summed E-state index contributed by atoms with van der Waals surface area (Å²) in [6.07, 6.45) is 2.02. The number of hydrogen-bond acceptors (Lipinski definition) is 12. The second kappa shape index (κ2) is 11.5. The van der Waals surface area contributed by atoms with Crippen molar-refractivity contribution < 1.29 is 22.8 Å². The fraction of sp³-hybridized carbons (Fsp3) is 0.227. The van der Waals surface area contributed by atoms with Crippen molar-refractivity contribution in [3.05, 3.63) is 58.5 Å². The van der Waals surface area contributed by atoms with Crippen LogP contribution in [0.25, 0.3) is 10.3 Å². The monoisotopic (exact) mass is 546 g/mol. The summed E-state index contributed by atoms with van der Waals surface area (Å²) >= 11 is 2.55. The van der Waals surface area contributed by atoms with Crippen molar-refractivity contribution in [1.82, 2.24) is 15.0 Å². The zero-order valence-electron chi connectivity index (χ0n) is 19.1. The van der Waals surface area contributed by atoms with Crippen molar-refractivity contribution in [1.29, 1.82) is 0 Å². The molecule has 0 aliphatic carbocycles. The van der Waals surface area contributed by atoms with Gasteiger partial charge < -0.3 is 15.3 Å². The molecule has 14 heteroatoms. The third-order valence-electron chi connectivity index (χ3n) is 4.79. The molecule has 0 spiro atoms. The quantitative estimate of drug-likeness (QED) is 0.164. The van der Waals surface area contributed by atoms with E-state index >= 15 is 0 Å². The highest BCUT2D eigenvalue weighted by atomic mass is 32.2. The summed E-state index contributed by atoms with van der Waals surface area (Å²) in [5, 5.41) is 9.53. The lowest BCUT2D eigenvalue weighted by atomic mass is 10.1. The summed E-state index contributed by atoms with van der Waals surface area (Å²) < 4.78 is 30.0. The number of thiazole rings is 2. The first-order chi connectivity index (χ1) is 17.4. The first-order valence-electron chi connectivity index (χ1n) is 10.6. The van der Waals surface area contributed by atoms with E-state index < -0.39 is 15.7 Å². The number of oxime groups is 1. The van der Waals surface area contributed by atoms with Crippen molar-refractivity contribution in [2.45, 2.75) is 17.9 Å². The van der Waals surface area contributed by atoms with Gasteiger partial charge in [0, 0.05) is 30.9 Å². The minimum atomic E-state index is -3.49.